The summed E-state index contributed by atoms with van der Waals surface area (Å²) in [7, 11) is 0. The van der Waals surface area contributed by atoms with Crippen LogP contribution in [0.5, 0.6) is 0 Å². The molecule has 4 atom stereocenters. The van der Waals surface area contributed by atoms with E-state index in [9.17, 15) is 19.8 Å². The van der Waals surface area contributed by atoms with Crippen molar-refractivity contribution < 1.29 is 24.9 Å². The fraction of sp³-hybridized carbons (Fsp3) is 0.789. The Bertz CT molecular complexity index is 438. The van der Waals surface area contributed by atoms with Crippen LogP contribution < -0.4 is 0 Å². The van der Waals surface area contributed by atoms with Gasteiger partial charge >= 0.3 is 5.97 Å². The molecule has 5 nitrogen and oxygen atoms in total. The maximum atomic E-state index is 12.1. The molecular weight excluding hydrogens is 340 g/mol. The molecule has 0 unspecified atom stereocenters. The lowest BCUT2D eigenvalue weighted by atomic mass is 9.88. The maximum absolute atomic E-state index is 12.1. The van der Waals surface area contributed by atoms with Crippen LogP contribution in [0, 0.1) is 11.8 Å². The molecule has 0 heterocycles. The molecule has 0 radical (unpaired) electrons. The Morgan fingerprint density at radius 3 is 2.60 bits per heavy atom. The van der Waals surface area contributed by atoms with Crippen molar-refractivity contribution in [3.8, 4) is 0 Å². The van der Waals surface area contributed by atoms with Crippen LogP contribution in [0.4, 0.5) is 0 Å². The first-order chi connectivity index (χ1) is 12.0. The number of Topliss-reactive ketones (excluding diaryl/α,β-unsaturated/α-hetero) is 1. The molecule has 0 amide bonds. The van der Waals surface area contributed by atoms with Gasteiger partial charge in [-0.25, -0.2) is 0 Å². The van der Waals surface area contributed by atoms with Gasteiger partial charge in [0.15, 0.2) is 0 Å². The lowest BCUT2D eigenvalue weighted by Crippen LogP contribution is -2.19. The lowest BCUT2D eigenvalue weighted by Gasteiger charge is -2.18. The van der Waals surface area contributed by atoms with Gasteiger partial charge in [-0.1, -0.05) is 31.4 Å². The lowest BCUT2D eigenvalue weighted by molar-refractivity contribution is -0.137. The van der Waals surface area contributed by atoms with Crippen molar-refractivity contribution >= 4 is 24.4 Å². The van der Waals surface area contributed by atoms with Crippen LogP contribution >= 0.6 is 12.6 Å². The zero-order valence-corrected chi connectivity index (χ0v) is 15.7. The van der Waals surface area contributed by atoms with Gasteiger partial charge in [0.05, 0.1) is 12.2 Å². The van der Waals surface area contributed by atoms with Gasteiger partial charge in [-0.15, -0.1) is 0 Å². The van der Waals surface area contributed by atoms with E-state index in [1.165, 1.54) is 0 Å². The van der Waals surface area contributed by atoms with Crippen LogP contribution in [0.25, 0.3) is 0 Å². The Hall–Kier alpha value is -0.850. The molecule has 0 spiro atoms. The topological polar surface area (TPSA) is 94.8 Å². The number of rotatable bonds is 13. The summed E-state index contributed by atoms with van der Waals surface area (Å²) in [6, 6.07) is 0. The number of unbranched alkanes of at least 4 members (excludes halogenated alkanes) is 4. The molecule has 1 fully saturated rings. The first-order valence-corrected chi connectivity index (χ1v) is 9.98. The van der Waals surface area contributed by atoms with E-state index in [0.717, 1.165) is 37.9 Å². The zero-order valence-electron chi connectivity index (χ0n) is 14.8. The predicted molar refractivity (Wildman–Crippen MR) is 101 cm³/mol. The Balaban J connectivity index is 2.39. The number of carbonyl (C=O) groups is 2. The summed E-state index contributed by atoms with van der Waals surface area (Å²) < 4.78 is 0. The second kappa shape index (κ2) is 12.5. The Kier molecular flexibility index (Phi) is 11.1. The van der Waals surface area contributed by atoms with Crippen LogP contribution in [-0.2, 0) is 9.59 Å². The van der Waals surface area contributed by atoms with Gasteiger partial charge in [-0.3, -0.25) is 9.59 Å². The smallest absolute Gasteiger partial charge is 0.303 e. The number of carboxylic acids is 1. The number of aliphatic hydroxyl groups is 2. The highest BCUT2D eigenvalue weighted by molar-refractivity contribution is 7.80. The van der Waals surface area contributed by atoms with E-state index >= 15 is 0 Å². The molecule has 0 saturated heterocycles. The van der Waals surface area contributed by atoms with Gasteiger partial charge in [-0.2, -0.15) is 12.6 Å². The van der Waals surface area contributed by atoms with Crippen LogP contribution in [0.3, 0.4) is 0 Å². The van der Waals surface area contributed by atoms with Gasteiger partial charge in [0, 0.05) is 24.7 Å². The fourth-order valence-corrected chi connectivity index (χ4v) is 3.63. The van der Waals surface area contributed by atoms with E-state index in [4.69, 9.17) is 5.11 Å². The molecule has 1 rings (SSSR count). The van der Waals surface area contributed by atoms with Crippen molar-refractivity contribution in [3.63, 3.8) is 0 Å². The molecule has 0 aromatic carbocycles. The number of carboxylic acid groups (broad SMARTS) is 1. The van der Waals surface area contributed by atoms with Crippen molar-refractivity contribution in [3.05, 3.63) is 12.2 Å². The second-order valence-corrected chi connectivity index (χ2v) is 7.39. The van der Waals surface area contributed by atoms with E-state index in [-0.39, 0.29) is 30.5 Å². The molecule has 0 bridgehead atoms. The molecule has 6 heteroatoms. The minimum Gasteiger partial charge on any atom is -0.481 e. The highest BCUT2D eigenvalue weighted by Gasteiger charge is 2.39. The van der Waals surface area contributed by atoms with Crippen LogP contribution in [0.2, 0.25) is 0 Å². The first kappa shape index (κ1) is 22.2. The Labute approximate surface area is 155 Å². The normalized spacial score (nSPS) is 24.9. The van der Waals surface area contributed by atoms with Crippen molar-refractivity contribution in [2.45, 2.75) is 76.4 Å². The molecule has 0 aromatic rings. The van der Waals surface area contributed by atoms with Crippen LogP contribution in [-0.4, -0.2) is 45.0 Å². The number of carbonyl (C=O) groups excluding carboxylic acids is 1. The third-order valence-electron chi connectivity index (χ3n) is 4.85. The number of hydrogen-bond acceptors (Lipinski definition) is 5. The molecule has 0 aromatic heterocycles. The summed E-state index contributed by atoms with van der Waals surface area (Å²) in [5, 5.41) is 28.7. The Morgan fingerprint density at radius 2 is 1.92 bits per heavy atom. The van der Waals surface area contributed by atoms with Gasteiger partial charge in [-0.05, 0) is 37.9 Å². The summed E-state index contributed by atoms with van der Waals surface area (Å²) in [6.45, 7) is 0. The summed E-state index contributed by atoms with van der Waals surface area (Å²) in [5.74, 6) is -0.272. The van der Waals surface area contributed by atoms with Crippen molar-refractivity contribution in [2.24, 2.45) is 11.8 Å². The number of hydrogen-bond donors (Lipinski definition) is 4. The van der Waals surface area contributed by atoms with E-state index in [1.54, 1.807) is 6.08 Å². The van der Waals surface area contributed by atoms with Gasteiger partial charge in [0.1, 0.15) is 5.78 Å². The summed E-state index contributed by atoms with van der Waals surface area (Å²) in [5.41, 5.74) is 0. The Morgan fingerprint density at radius 1 is 1.20 bits per heavy atom. The molecule has 1 aliphatic carbocycles. The van der Waals surface area contributed by atoms with Gasteiger partial charge < -0.3 is 15.3 Å². The molecule has 144 valence electrons. The number of aliphatic carboxylic acids is 1. The van der Waals surface area contributed by atoms with Crippen LogP contribution in [0.15, 0.2) is 12.2 Å². The minimum atomic E-state index is -0.771. The van der Waals surface area contributed by atoms with E-state index < -0.39 is 18.2 Å². The highest BCUT2D eigenvalue weighted by atomic mass is 32.1. The summed E-state index contributed by atoms with van der Waals surface area (Å²) in [4.78, 5) is 22.6. The molecule has 1 saturated carbocycles. The number of aliphatic hydroxyl groups excluding tert-OH is 2. The maximum Gasteiger partial charge on any atom is 0.303 e. The first-order valence-electron chi connectivity index (χ1n) is 9.35. The van der Waals surface area contributed by atoms with E-state index in [2.05, 4.69) is 12.6 Å². The number of ketones is 1. The standard InChI is InChI=1S/C19H32O5S/c20-14(7-5-6-12-25)10-11-16-15(17(21)13-18(16)22)8-3-1-2-4-9-19(23)24/h10-11,14-16,18,20,22,25H,1-9,12-13H2,(H,23,24)/b11-10+/t14-,15+,16+,18+/m0/s1. The van der Waals surface area contributed by atoms with Crippen molar-refractivity contribution in [1.29, 1.82) is 0 Å². The second-order valence-electron chi connectivity index (χ2n) is 6.94. The molecule has 25 heavy (non-hydrogen) atoms. The fourth-order valence-electron chi connectivity index (χ4n) is 3.40. The van der Waals surface area contributed by atoms with Gasteiger partial charge in [0.2, 0.25) is 0 Å². The monoisotopic (exact) mass is 372 g/mol. The average molecular weight is 373 g/mol. The zero-order chi connectivity index (χ0) is 18.7. The molecule has 1 aliphatic rings. The summed E-state index contributed by atoms with van der Waals surface area (Å²) >= 11 is 4.14. The van der Waals surface area contributed by atoms with Gasteiger partial charge in [0.25, 0.3) is 0 Å². The summed E-state index contributed by atoms with van der Waals surface area (Å²) in [6.07, 6.45) is 9.23. The third kappa shape index (κ3) is 8.88. The van der Waals surface area contributed by atoms with E-state index in [1.807, 2.05) is 6.08 Å². The van der Waals surface area contributed by atoms with Crippen molar-refractivity contribution in [2.75, 3.05) is 5.75 Å². The minimum absolute atomic E-state index is 0.0947. The SMILES string of the molecule is O=C(O)CCCCCC[C@H]1C(=O)C[C@@H](O)[C@@H]1/C=C/[C@@H](O)CCCCS. The number of thiol groups is 1. The predicted octanol–water partition coefficient (Wildman–Crippen LogP) is 2.99. The molecule has 0 aliphatic heterocycles. The third-order valence-corrected chi connectivity index (χ3v) is 5.17. The molecule has 3 N–H and O–H groups in total. The quantitative estimate of drug-likeness (QED) is 0.226. The largest absolute Gasteiger partial charge is 0.481 e. The average Bonchev–Trinajstić information content (AvgIpc) is 2.82. The van der Waals surface area contributed by atoms with E-state index in [0.29, 0.717) is 19.3 Å². The van der Waals surface area contributed by atoms with Crippen molar-refractivity contribution in [1.82, 2.24) is 0 Å². The molecular formula is C19H32O5S. The highest BCUT2D eigenvalue weighted by Crippen LogP contribution is 2.34. The van der Waals surface area contributed by atoms with Crippen LogP contribution in [0.1, 0.15) is 64.2 Å².